The fraction of sp³-hybridized carbons (Fsp3) is 0.818. The van der Waals surface area contributed by atoms with Gasteiger partial charge in [-0.05, 0) is 18.4 Å². The zero-order valence-corrected chi connectivity index (χ0v) is 11.2. The molecule has 16 heavy (non-hydrogen) atoms. The fourth-order valence-electron chi connectivity index (χ4n) is 1.53. The van der Waals surface area contributed by atoms with Gasteiger partial charge >= 0.3 is 5.97 Å². The van der Waals surface area contributed by atoms with Gasteiger partial charge in [0.05, 0.1) is 6.42 Å². The summed E-state index contributed by atoms with van der Waals surface area (Å²) in [6.07, 6.45) is 5.47. The molecule has 0 spiro atoms. The van der Waals surface area contributed by atoms with Crippen LogP contribution in [0.4, 0.5) is 0 Å². The van der Waals surface area contributed by atoms with Crippen LogP contribution in [0.25, 0.3) is 0 Å². The molecule has 0 rings (SSSR count). The van der Waals surface area contributed by atoms with Gasteiger partial charge in [0.15, 0.2) is 0 Å². The molecule has 5 heteroatoms. The number of aliphatic carboxylic acids is 1. The first-order chi connectivity index (χ1) is 7.39. The van der Waals surface area contributed by atoms with E-state index in [1.807, 2.05) is 6.26 Å². The Morgan fingerprint density at radius 1 is 1.25 bits per heavy atom. The highest BCUT2D eigenvalue weighted by atomic mass is 32.3. The highest BCUT2D eigenvalue weighted by Crippen LogP contribution is 2.41. The van der Waals surface area contributed by atoms with Crippen molar-refractivity contribution in [2.24, 2.45) is 0 Å². The van der Waals surface area contributed by atoms with Crippen LogP contribution in [-0.2, 0) is 9.59 Å². The monoisotopic (exact) mass is 249 g/mol. The maximum Gasteiger partial charge on any atom is 0.304 e. The lowest BCUT2D eigenvalue weighted by Crippen LogP contribution is -2.30. The van der Waals surface area contributed by atoms with Crippen molar-refractivity contribution >= 4 is 22.1 Å². The Morgan fingerprint density at radius 2 is 1.88 bits per heavy atom. The van der Waals surface area contributed by atoms with E-state index in [0.29, 0.717) is 5.75 Å². The predicted molar refractivity (Wildman–Crippen MR) is 68.8 cm³/mol. The second-order valence-electron chi connectivity index (χ2n) is 4.19. The minimum absolute atomic E-state index is 0.0561. The number of carboxylic acid groups (broad SMARTS) is 1. The number of hydrogen-bond donors (Lipinski definition) is 2. The number of carboxylic acids is 1. The second kappa shape index (κ2) is 7.54. The summed E-state index contributed by atoms with van der Waals surface area (Å²) in [5.74, 6) is 0.651. The van der Waals surface area contributed by atoms with E-state index >= 15 is 0 Å². The number of hydrogen-bond acceptors (Lipinski definition) is 2. The molecule has 0 bridgehead atoms. The molecule has 2 N–H and O–H groups in total. The Morgan fingerprint density at radius 3 is 2.31 bits per heavy atom. The second-order valence-corrected chi connectivity index (χ2v) is 7.76. The highest BCUT2D eigenvalue weighted by molar-refractivity contribution is 8.32. The molecule has 0 saturated carbocycles. The Labute approximate surface area is 99.3 Å². The summed E-state index contributed by atoms with van der Waals surface area (Å²) in [6.45, 7) is 3.62. The molecule has 0 aliphatic carbocycles. The van der Waals surface area contributed by atoms with E-state index in [1.165, 1.54) is 6.92 Å². The van der Waals surface area contributed by atoms with Gasteiger partial charge in [-0.15, -0.1) is 0 Å². The van der Waals surface area contributed by atoms with Crippen molar-refractivity contribution in [3.63, 3.8) is 0 Å². The highest BCUT2D eigenvalue weighted by Gasteiger charge is 2.19. The lowest BCUT2D eigenvalue weighted by atomic mass is 10.3. The largest absolute Gasteiger partial charge is 0.481 e. The van der Waals surface area contributed by atoms with Gasteiger partial charge < -0.3 is 9.83 Å². The van der Waals surface area contributed by atoms with Gasteiger partial charge in [-0.2, -0.15) is 10.2 Å². The molecule has 0 aliphatic heterocycles. The number of nitrogens with one attached hydrogen (secondary N) is 1. The van der Waals surface area contributed by atoms with Gasteiger partial charge in [0.25, 0.3) is 0 Å². The first-order valence-corrected chi connectivity index (χ1v) is 8.01. The zero-order chi connectivity index (χ0) is 12.6. The molecule has 1 atom stereocenters. The predicted octanol–water partition coefficient (Wildman–Crippen LogP) is 2.14. The Balaban J connectivity index is 4.23. The third-order valence-electron chi connectivity index (χ3n) is 2.35. The van der Waals surface area contributed by atoms with Crippen LogP contribution in [0.3, 0.4) is 0 Å². The zero-order valence-electron chi connectivity index (χ0n) is 10.4. The van der Waals surface area contributed by atoms with E-state index in [0.717, 1.165) is 25.0 Å². The molecule has 1 unspecified atom stereocenters. The van der Waals surface area contributed by atoms with Crippen LogP contribution >= 0.6 is 10.2 Å². The van der Waals surface area contributed by atoms with Crippen molar-refractivity contribution in [1.29, 1.82) is 0 Å². The van der Waals surface area contributed by atoms with Crippen molar-refractivity contribution in [1.82, 2.24) is 4.72 Å². The molecule has 0 aromatic heterocycles. The summed E-state index contributed by atoms with van der Waals surface area (Å²) < 4.78 is 2.95. The normalized spacial score (nSPS) is 16.2. The Kier molecular flexibility index (Phi) is 7.21. The minimum Gasteiger partial charge on any atom is -0.481 e. The third kappa shape index (κ3) is 7.56. The van der Waals surface area contributed by atoms with Crippen molar-refractivity contribution < 1.29 is 14.7 Å². The topological polar surface area (TPSA) is 66.4 Å². The summed E-state index contributed by atoms with van der Waals surface area (Å²) in [4.78, 5) is 21.7. The lowest BCUT2D eigenvalue weighted by molar-refractivity contribution is -0.136. The summed E-state index contributed by atoms with van der Waals surface area (Å²) in [7, 11) is -1.29. The average Bonchev–Trinajstić information content (AvgIpc) is 2.14. The van der Waals surface area contributed by atoms with Crippen LogP contribution in [0.15, 0.2) is 0 Å². The molecule has 0 heterocycles. The molecular formula is C11H23NO3S. The van der Waals surface area contributed by atoms with E-state index in [1.54, 1.807) is 0 Å². The minimum atomic E-state index is -1.29. The van der Waals surface area contributed by atoms with Crippen molar-refractivity contribution in [2.45, 2.75) is 39.5 Å². The quantitative estimate of drug-likeness (QED) is 0.648. The van der Waals surface area contributed by atoms with Gasteiger partial charge in [-0.1, -0.05) is 19.8 Å². The number of unbranched alkanes of at least 4 members (excludes halogenated alkanes) is 2. The van der Waals surface area contributed by atoms with E-state index in [9.17, 15) is 9.59 Å². The molecule has 96 valence electrons. The molecule has 0 saturated heterocycles. The molecule has 4 nitrogen and oxygen atoms in total. The average molecular weight is 249 g/mol. The van der Waals surface area contributed by atoms with Gasteiger partial charge in [-0.3, -0.25) is 9.59 Å². The van der Waals surface area contributed by atoms with Gasteiger partial charge in [-0.25, -0.2) is 0 Å². The van der Waals surface area contributed by atoms with Crippen LogP contribution in [0.2, 0.25) is 0 Å². The van der Waals surface area contributed by atoms with E-state index in [-0.39, 0.29) is 12.3 Å². The summed E-state index contributed by atoms with van der Waals surface area (Å²) >= 11 is 0. The first kappa shape index (κ1) is 15.3. The van der Waals surface area contributed by atoms with Gasteiger partial charge in [0.2, 0.25) is 5.91 Å². The number of rotatable bonds is 8. The summed E-state index contributed by atoms with van der Waals surface area (Å²) in [5, 5.41) is 8.68. The lowest BCUT2D eigenvalue weighted by Gasteiger charge is -2.36. The first-order valence-electron chi connectivity index (χ1n) is 5.63. The third-order valence-corrected chi connectivity index (χ3v) is 5.43. The van der Waals surface area contributed by atoms with E-state index < -0.39 is 16.2 Å². The van der Waals surface area contributed by atoms with E-state index in [2.05, 4.69) is 11.6 Å². The molecule has 0 aromatic rings. The molecule has 1 amide bonds. The Bertz CT molecular complexity index is 245. The van der Waals surface area contributed by atoms with Crippen molar-refractivity contribution in [3.05, 3.63) is 0 Å². The maximum absolute atomic E-state index is 11.1. The smallest absolute Gasteiger partial charge is 0.304 e. The van der Waals surface area contributed by atoms with Gasteiger partial charge in [0, 0.05) is 12.7 Å². The molecule has 0 fully saturated rings. The SMILES string of the molecule is CCCCCS(C)(CCC(=O)O)NC(C)=O. The van der Waals surface area contributed by atoms with Crippen LogP contribution < -0.4 is 4.72 Å². The number of amides is 1. The van der Waals surface area contributed by atoms with Crippen molar-refractivity contribution in [3.8, 4) is 0 Å². The van der Waals surface area contributed by atoms with Crippen LogP contribution in [0.1, 0.15) is 39.5 Å². The van der Waals surface area contributed by atoms with Crippen LogP contribution in [-0.4, -0.2) is 34.7 Å². The number of carbonyl (C=O) groups is 2. The summed E-state index contributed by atoms with van der Waals surface area (Å²) in [6, 6.07) is 0. The van der Waals surface area contributed by atoms with Crippen molar-refractivity contribution in [2.75, 3.05) is 17.8 Å². The number of carbonyl (C=O) groups excluding carboxylic acids is 1. The molecular weight excluding hydrogens is 226 g/mol. The Hall–Kier alpha value is -0.710. The molecule has 0 aromatic carbocycles. The van der Waals surface area contributed by atoms with Crippen LogP contribution in [0.5, 0.6) is 0 Å². The molecule has 0 radical (unpaired) electrons. The van der Waals surface area contributed by atoms with E-state index in [4.69, 9.17) is 5.11 Å². The maximum atomic E-state index is 11.1. The fourth-order valence-corrected chi connectivity index (χ4v) is 4.10. The van der Waals surface area contributed by atoms with Gasteiger partial charge in [0.1, 0.15) is 0 Å². The standard InChI is InChI=1S/C11H23NO3S/c1-4-5-6-8-16(3,12-10(2)13)9-7-11(14)15/h4-9H2,1-3H3,(H,12,13)(H,14,15). The van der Waals surface area contributed by atoms with Crippen LogP contribution in [0, 0.1) is 0 Å². The summed E-state index contributed by atoms with van der Waals surface area (Å²) in [5.41, 5.74) is 0. The molecule has 0 aliphatic rings.